The van der Waals surface area contributed by atoms with E-state index in [1.807, 2.05) is 18.2 Å². The lowest BCUT2D eigenvalue weighted by atomic mass is 9.96. The summed E-state index contributed by atoms with van der Waals surface area (Å²) in [7, 11) is -1.63. The molecule has 1 aliphatic carbocycles. The van der Waals surface area contributed by atoms with Crippen molar-refractivity contribution in [2.45, 2.75) is 26.6 Å². The Balaban J connectivity index is 2.23. The van der Waals surface area contributed by atoms with Gasteiger partial charge in [-0.15, -0.1) is 0 Å². The fourth-order valence-electron chi connectivity index (χ4n) is 3.67. The minimum atomic E-state index is -1.63. The van der Waals surface area contributed by atoms with E-state index in [0.717, 1.165) is 22.3 Å². The molecule has 114 valence electrons. The fourth-order valence-corrected chi connectivity index (χ4v) is 5.24. The van der Waals surface area contributed by atoms with E-state index in [2.05, 4.69) is 56.9 Å². The van der Waals surface area contributed by atoms with E-state index in [1.165, 1.54) is 21.5 Å². The van der Waals surface area contributed by atoms with Crippen molar-refractivity contribution in [3.8, 4) is 11.1 Å². The topological polar surface area (TPSA) is 17.1 Å². The standard InChI is InChI=1S/C21H20OSi/c1-13-9-10-15-14(11-13)12-18(23(2,3)4)20-19(15)16-7-5-6-8-17(16)21(20)22/h5-12H,1-4H3. The maximum atomic E-state index is 13.1. The zero-order valence-corrected chi connectivity index (χ0v) is 15.0. The SMILES string of the molecule is Cc1ccc2c3c(c([Si](C)(C)C)cc2c1)C(=O)c1ccccc1-3. The number of hydrogen-bond donors (Lipinski definition) is 0. The molecule has 0 amide bonds. The first-order valence-corrected chi connectivity index (χ1v) is 11.6. The van der Waals surface area contributed by atoms with Gasteiger partial charge in [0.15, 0.2) is 5.78 Å². The normalized spacial score (nSPS) is 13.3. The lowest BCUT2D eigenvalue weighted by Crippen LogP contribution is -2.41. The van der Waals surface area contributed by atoms with Gasteiger partial charge in [-0.05, 0) is 28.4 Å². The van der Waals surface area contributed by atoms with Gasteiger partial charge >= 0.3 is 0 Å². The van der Waals surface area contributed by atoms with E-state index in [9.17, 15) is 4.79 Å². The maximum absolute atomic E-state index is 13.1. The van der Waals surface area contributed by atoms with E-state index < -0.39 is 8.07 Å². The van der Waals surface area contributed by atoms with E-state index >= 15 is 0 Å². The molecule has 0 fully saturated rings. The minimum Gasteiger partial charge on any atom is -0.289 e. The van der Waals surface area contributed by atoms with Crippen LogP contribution in [0.15, 0.2) is 48.5 Å². The Labute approximate surface area is 138 Å². The Bertz CT molecular complexity index is 977. The van der Waals surface area contributed by atoms with Gasteiger partial charge in [-0.1, -0.05) is 73.7 Å². The Morgan fingerprint density at radius 1 is 0.826 bits per heavy atom. The average Bonchev–Trinajstić information content (AvgIpc) is 2.79. The summed E-state index contributed by atoms with van der Waals surface area (Å²) in [6, 6.07) is 16.9. The third kappa shape index (κ3) is 2.02. The van der Waals surface area contributed by atoms with Crippen LogP contribution in [0.4, 0.5) is 0 Å². The summed E-state index contributed by atoms with van der Waals surface area (Å²) in [5.74, 6) is 0.204. The highest BCUT2D eigenvalue weighted by Gasteiger charge is 2.34. The minimum absolute atomic E-state index is 0.204. The third-order valence-electron chi connectivity index (χ3n) is 4.77. The molecule has 0 atom stereocenters. The summed E-state index contributed by atoms with van der Waals surface area (Å²) in [5, 5.41) is 3.74. The van der Waals surface area contributed by atoms with Crippen LogP contribution in [0.1, 0.15) is 21.5 Å². The second-order valence-corrected chi connectivity index (χ2v) is 12.6. The predicted octanol–water partition coefficient (Wildman–Crippen LogP) is 4.90. The molecule has 3 aromatic carbocycles. The van der Waals surface area contributed by atoms with Gasteiger partial charge in [0.05, 0.1) is 8.07 Å². The van der Waals surface area contributed by atoms with Crippen LogP contribution in [0.5, 0.6) is 0 Å². The van der Waals surface area contributed by atoms with Crippen molar-refractivity contribution >= 4 is 29.8 Å². The highest BCUT2D eigenvalue weighted by atomic mass is 28.3. The molecule has 0 aliphatic heterocycles. The van der Waals surface area contributed by atoms with Crippen molar-refractivity contribution in [3.63, 3.8) is 0 Å². The van der Waals surface area contributed by atoms with Crippen molar-refractivity contribution < 1.29 is 4.79 Å². The Hall–Kier alpha value is -2.19. The lowest BCUT2D eigenvalue weighted by Gasteiger charge is -2.22. The number of rotatable bonds is 1. The number of carbonyl (C=O) groups is 1. The van der Waals surface area contributed by atoms with Crippen molar-refractivity contribution in [1.82, 2.24) is 0 Å². The first-order chi connectivity index (χ1) is 10.9. The molecule has 23 heavy (non-hydrogen) atoms. The molecule has 0 spiro atoms. The molecule has 2 heteroatoms. The van der Waals surface area contributed by atoms with E-state index in [-0.39, 0.29) is 5.78 Å². The van der Waals surface area contributed by atoms with Crippen LogP contribution in [0, 0.1) is 6.92 Å². The van der Waals surface area contributed by atoms with Gasteiger partial charge in [0.25, 0.3) is 0 Å². The van der Waals surface area contributed by atoms with Crippen molar-refractivity contribution in [1.29, 1.82) is 0 Å². The van der Waals surface area contributed by atoms with Crippen LogP contribution in [0.2, 0.25) is 19.6 Å². The monoisotopic (exact) mass is 316 g/mol. The molecule has 0 saturated heterocycles. The smallest absolute Gasteiger partial charge is 0.194 e. The molecule has 0 radical (unpaired) electrons. The first-order valence-electron chi connectivity index (χ1n) is 8.10. The van der Waals surface area contributed by atoms with Gasteiger partial charge in [-0.3, -0.25) is 4.79 Å². The zero-order valence-electron chi connectivity index (χ0n) is 14.0. The number of ketones is 1. The number of carbonyl (C=O) groups excluding carboxylic acids is 1. The number of fused-ring (bicyclic) bond motifs is 5. The molecular weight excluding hydrogens is 296 g/mol. The molecule has 0 aromatic heterocycles. The molecule has 0 unspecified atom stereocenters. The zero-order chi connectivity index (χ0) is 16.4. The van der Waals surface area contributed by atoms with Crippen LogP contribution in [0.3, 0.4) is 0 Å². The van der Waals surface area contributed by atoms with E-state index in [0.29, 0.717) is 0 Å². The summed E-state index contributed by atoms with van der Waals surface area (Å²) in [4.78, 5) is 13.1. The second-order valence-electron chi connectivity index (χ2n) is 7.52. The van der Waals surface area contributed by atoms with Gasteiger partial charge in [-0.25, -0.2) is 0 Å². The predicted molar refractivity (Wildman–Crippen MR) is 101 cm³/mol. The number of aryl methyl sites for hydroxylation is 1. The largest absolute Gasteiger partial charge is 0.289 e. The second kappa shape index (κ2) is 4.65. The van der Waals surface area contributed by atoms with Crippen LogP contribution in [-0.4, -0.2) is 13.9 Å². The summed E-state index contributed by atoms with van der Waals surface area (Å²) >= 11 is 0. The Kier molecular flexibility index (Phi) is 2.91. The lowest BCUT2D eigenvalue weighted by molar-refractivity contribution is 0.104. The third-order valence-corrected chi connectivity index (χ3v) is 6.78. The number of benzene rings is 3. The molecule has 1 nitrogen and oxygen atoms in total. The van der Waals surface area contributed by atoms with Crippen molar-refractivity contribution in [2.75, 3.05) is 0 Å². The molecule has 1 aliphatic rings. The van der Waals surface area contributed by atoms with Gasteiger partial charge in [0.1, 0.15) is 0 Å². The van der Waals surface area contributed by atoms with Crippen LogP contribution in [0.25, 0.3) is 21.9 Å². The highest BCUT2D eigenvalue weighted by Crippen LogP contribution is 2.41. The molecule has 0 saturated carbocycles. The molecule has 3 aromatic rings. The average molecular weight is 316 g/mol. The molecule has 0 N–H and O–H groups in total. The Morgan fingerprint density at radius 3 is 2.22 bits per heavy atom. The molecular formula is C21H20OSi. The summed E-state index contributed by atoms with van der Waals surface area (Å²) in [5.41, 5.74) is 5.33. The summed E-state index contributed by atoms with van der Waals surface area (Å²) in [6.07, 6.45) is 0. The Morgan fingerprint density at radius 2 is 1.52 bits per heavy atom. The first kappa shape index (κ1) is 14.4. The van der Waals surface area contributed by atoms with Crippen molar-refractivity contribution in [3.05, 3.63) is 65.2 Å². The maximum Gasteiger partial charge on any atom is 0.194 e. The van der Waals surface area contributed by atoms with Crippen molar-refractivity contribution in [2.24, 2.45) is 0 Å². The van der Waals surface area contributed by atoms with E-state index in [1.54, 1.807) is 0 Å². The summed E-state index contributed by atoms with van der Waals surface area (Å²) < 4.78 is 0. The quantitative estimate of drug-likeness (QED) is 0.456. The van der Waals surface area contributed by atoms with Gasteiger partial charge in [-0.2, -0.15) is 0 Å². The van der Waals surface area contributed by atoms with Gasteiger partial charge < -0.3 is 0 Å². The number of hydrogen-bond acceptors (Lipinski definition) is 1. The van der Waals surface area contributed by atoms with Gasteiger partial charge in [0.2, 0.25) is 0 Å². The van der Waals surface area contributed by atoms with Gasteiger partial charge in [0, 0.05) is 16.7 Å². The highest BCUT2D eigenvalue weighted by molar-refractivity contribution is 6.90. The van der Waals surface area contributed by atoms with Crippen LogP contribution < -0.4 is 5.19 Å². The van der Waals surface area contributed by atoms with Crippen LogP contribution >= 0.6 is 0 Å². The fraction of sp³-hybridized carbons (Fsp3) is 0.190. The van der Waals surface area contributed by atoms with Crippen LogP contribution in [-0.2, 0) is 0 Å². The summed E-state index contributed by atoms with van der Waals surface area (Å²) in [6.45, 7) is 9.08. The van der Waals surface area contributed by atoms with E-state index in [4.69, 9.17) is 0 Å². The molecule has 4 rings (SSSR count). The molecule has 0 bridgehead atoms. The molecule has 0 heterocycles.